The zero-order valence-electron chi connectivity index (χ0n) is 82.0. The lowest BCUT2D eigenvalue weighted by molar-refractivity contribution is 0.827. The molecule has 28 aromatic carbocycles. The number of aryl methyl sites for hydroxylation is 1. The van der Waals surface area contributed by atoms with Gasteiger partial charge in [-0.3, -0.25) is 0 Å². The molecule has 0 aliphatic heterocycles. The van der Waals surface area contributed by atoms with E-state index in [1.54, 1.807) is 0 Å². The number of nitrogens with zero attached hydrogens (tertiary/aromatic N) is 3. The van der Waals surface area contributed by atoms with E-state index in [9.17, 15) is 0 Å². The van der Waals surface area contributed by atoms with Gasteiger partial charge in [0, 0.05) is 61.3 Å². The van der Waals surface area contributed by atoms with Crippen LogP contribution in [0, 0.1) is 0 Å². The highest BCUT2D eigenvalue weighted by atomic mass is 15.0. The van der Waals surface area contributed by atoms with Crippen LogP contribution in [0.1, 0.15) is 6.92 Å². The van der Waals surface area contributed by atoms with Gasteiger partial charge >= 0.3 is 0 Å². The molecule has 0 saturated heterocycles. The molecule has 31 aromatic rings. The van der Waals surface area contributed by atoms with Crippen molar-refractivity contribution < 1.29 is 0 Å². The van der Waals surface area contributed by atoms with Crippen LogP contribution in [0.15, 0.2) is 546 Å². The lowest BCUT2D eigenvalue weighted by Gasteiger charge is -2.19. The van der Waals surface area contributed by atoms with Gasteiger partial charge < -0.3 is 13.7 Å². The standard InChI is InChI=1S/C66H41N.C42H27N.C38H27N/c1-2-22-46(23-3-1)67-61-38-36-44(63-51-26-8-12-30-55(51)65(56-31-13-9-27-52(56)63)49-34-16-20-42-18-4-6-24-47(42)49)40-59(61)60-41-45(37-39-62(60)67)64-53-28-10-14-32-57(53)66(58-33-15-11-29-54(58)64)50-35-17-21-43-19-5-7-25-48(43)50;1-2-14-32(15-3-1)43-39-21-11-10-16-33(39)38-27-31(24-25-40(38)43)42-36-19-8-6-17-34(36)41(35-18-7-9-20-37(35)42)30-23-22-28-12-4-5-13-29(28)26-30;1-2-39-35-18-10-9-13-29(35)34-24-28(21-22-36(34)39)38-32-16-7-5-14-30(32)37(31-15-6-8-17-33(31)38)27-20-19-25-11-3-4-12-26(25)23-27/h1-41H;1-27H;3-24H,2H2,1H3. The smallest absolute Gasteiger partial charge is 0.0541 e. The molecule has 0 bridgehead atoms. The van der Waals surface area contributed by atoms with Gasteiger partial charge in [0.15, 0.2) is 0 Å². The SMILES string of the molecule is CCn1c2ccccc2c2cc(-c3c4ccccc4c(-c4ccc5ccccc5c4)c4ccccc34)ccc21.c1ccc(-n2c3ccc(-c4c5ccccc5c(-c5cccc6ccccc56)c5ccccc45)cc3c3cc(-c4c5ccccc5c(-c5cccc6ccccc56)c5ccccc45)ccc32)cc1.c1ccc(-n2c3ccccc3c3cc(-c4c5ccccc5c(-c5ccc6ccccc6c5)c5ccccc45)ccc32)cc1. The first-order valence-electron chi connectivity index (χ1n) is 51.9. The Hall–Kier alpha value is -19.3. The van der Waals surface area contributed by atoms with E-state index in [4.69, 9.17) is 0 Å². The molecule has 0 spiro atoms. The monoisotopic (exact) mass is 1890 g/mol. The molecule has 3 nitrogen and oxygen atoms in total. The van der Waals surface area contributed by atoms with Crippen molar-refractivity contribution >= 4 is 195 Å². The number of para-hydroxylation sites is 4. The van der Waals surface area contributed by atoms with Gasteiger partial charge in [0.25, 0.3) is 0 Å². The number of hydrogen-bond acceptors (Lipinski definition) is 0. The van der Waals surface area contributed by atoms with E-state index in [0.717, 1.165) is 12.2 Å². The maximum Gasteiger partial charge on any atom is 0.0541 e. The van der Waals surface area contributed by atoms with Crippen molar-refractivity contribution in [2.24, 2.45) is 0 Å². The third-order valence-electron chi connectivity index (χ3n) is 31.6. The maximum atomic E-state index is 2.46. The molecule has 3 heterocycles. The summed E-state index contributed by atoms with van der Waals surface area (Å²) in [5.74, 6) is 0. The predicted molar refractivity (Wildman–Crippen MR) is 640 cm³/mol. The number of fused-ring (bicyclic) bond motifs is 21. The maximum absolute atomic E-state index is 2.46. The van der Waals surface area contributed by atoms with Crippen molar-refractivity contribution in [2.45, 2.75) is 13.5 Å². The van der Waals surface area contributed by atoms with E-state index in [-0.39, 0.29) is 0 Å². The van der Waals surface area contributed by atoms with Crippen LogP contribution in [0.25, 0.3) is 295 Å². The summed E-state index contributed by atoms with van der Waals surface area (Å²) < 4.78 is 7.25. The minimum Gasteiger partial charge on any atom is -0.341 e. The summed E-state index contributed by atoms with van der Waals surface area (Å²) in [6.07, 6.45) is 0. The quantitative estimate of drug-likeness (QED) is 0.115. The normalized spacial score (nSPS) is 11.8. The first-order valence-corrected chi connectivity index (χ1v) is 51.9. The Morgan fingerprint density at radius 1 is 0.128 bits per heavy atom. The zero-order valence-corrected chi connectivity index (χ0v) is 82.0. The Morgan fingerprint density at radius 2 is 0.329 bits per heavy atom. The number of hydrogen-bond donors (Lipinski definition) is 0. The van der Waals surface area contributed by atoms with E-state index < -0.39 is 0 Å². The van der Waals surface area contributed by atoms with Crippen molar-refractivity contribution in [3.05, 3.63) is 546 Å². The molecular weight excluding hydrogens is 1800 g/mol. The van der Waals surface area contributed by atoms with Crippen molar-refractivity contribution in [1.29, 1.82) is 0 Å². The summed E-state index contributed by atoms with van der Waals surface area (Å²) in [6.45, 7) is 3.18. The first kappa shape index (κ1) is 86.4. The molecule has 3 aromatic heterocycles. The zero-order chi connectivity index (χ0) is 98.3. The Kier molecular flexibility index (Phi) is 20.6. The lowest BCUT2D eigenvalue weighted by atomic mass is 9.84. The van der Waals surface area contributed by atoms with Crippen molar-refractivity contribution in [2.75, 3.05) is 0 Å². The van der Waals surface area contributed by atoms with E-state index in [2.05, 4.69) is 567 Å². The molecule has 149 heavy (non-hydrogen) atoms. The van der Waals surface area contributed by atoms with E-state index in [1.165, 1.54) is 289 Å². The molecule has 0 aliphatic carbocycles. The summed E-state index contributed by atoms with van der Waals surface area (Å²) in [5, 5.41) is 38.0. The van der Waals surface area contributed by atoms with Crippen LogP contribution < -0.4 is 0 Å². The fourth-order valence-corrected chi connectivity index (χ4v) is 25.3. The van der Waals surface area contributed by atoms with Gasteiger partial charge in [-0.05, 0) is 322 Å². The summed E-state index contributed by atoms with van der Waals surface area (Å²) in [4.78, 5) is 0. The van der Waals surface area contributed by atoms with Gasteiger partial charge in [-0.2, -0.15) is 0 Å². The van der Waals surface area contributed by atoms with Crippen molar-refractivity contribution in [1.82, 2.24) is 13.7 Å². The molecule has 3 heteroatoms. The highest BCUT2D eigenvalue weighted by molar-refractivity contribution is 6.30. The minimum absolute atomic E-state index is 0.954. The van der Waals surface area contributed by atoms with Gasteiger partial charge in [-0.25, -0.2) is 0 Å². The topological polar surface area (TPSA) is 14.8 Å². The summed E-state index contributed by atoms with van der Waals surface area (Å²) >= 11 is 0. The largest absolute Gasteiger partial charge is 0.341 e. The van der Waals surface area contributed by atoms with Gasteiger partial charge in [0.05, 0.1) is 22.1 Å². The Bertz CT molecular complexity index is 10400. The number of benzene rings is 28. The summed E-state index contributed by atoms with van der Waals surface area (Å²) in [5.41, 5.74) is 29.9. The van der Waals surface area contributed by atoms with E-state index >= 15 is 0 Å². The molecule has 0 unspecified atom stereocenters. The highest BCUT2D eigenvalue weighted by Gasteiger charge is 2.27. The molecule has 0 radical (unpaired) electrons. The molecular formula is C146H95N3. The molecule has 0 amide bonds. The van der Waals surface area contributed by atoms with Gasteiger partial charge in [0.1, 0.15) is 0 Å². The third-order valence-corrected chi connectivity index (χ3v) is 31.6. The van der Waals surface area contributed by atoms with Gasteiger partial charge in [0.2, 0.25) is 0 Å². The van der Waals surface area contributed by atoms with Crippen molar-refractivity contribution in [3.8, 4) is 100 Å². The molecule has 0 saturated carbocycles. The average Bonchev–Trinajstić information content (AvgIpc) is 1.68. The fourth-order valence-electron chi connectivity index (χ4n) is 25.3. The van der Waals surface area contributed by atoms with E-state index in [1.807, 2.05) is 0 Å². The Morgan fingerprint density at radius 3 is 0.644 bits per heavy atom. The molecule has 0 fully saturated rings. The Labute approximate surface area is 861 Å². The Balaban J connectivity index is 0.000000111. The van der Waals surface area contributed by atoms with Crippen LogP contribution in [0.2, 0.25) is 0 Å². The molecule has 0 aliphatic rings. The fraction of sp³-hybridized carbons (Fsp3) is 0.0137. The number of rotatable bonds is 11. The number of aromatic nitrogens is 3. The van der Waals surface area contributed by atoms with E-state index in [0.29, 0.717) is 0 Å². The van der Waals surface area contributed by atoms with Gasteiger partial charge in [-0.15, -0.1) is 0 Å². The van der Waals surface area contributed by atoms with Gasteiger partial charge in [-0.1, -0.05) is 449 Å². The van der Waals surface area contributed by atoms with Crippen LogP contribution in [0.4, 0.5) is 0 Å². The predicted octanol–water partition coefficient (Wildman–Crippen LogP) is 40.6. The van der Waals surface area contributed by atoms with Crippen LogP contribution in [-0.4, -0.2) is 13.7 Å². The summed E-state index contributed by atoms with van der Waals surface area (Å²) in [7, 11) is 0. The molecule has 0 N–H and O–H groups in total. The first-order chi connectivity index (χ1) is 73.9. The van der Waals surface area contributed by atoms with Crippen LogP contribution in [0.3, 0.4) is 0 Å². The molecule has 0 atom stereocenters. The second-order valence-corrected chi connectivity index (χ2v) is 39.6. The van der Waals surface area contributed by atoms with Crippen LogP contribution >= 0.6 is 0 Å². The second kappa shape index (κ2) is 35.6. The summed E-state index contributed by atoms with van der Waals surface area (Å²) in [6, 6.07) is 201. The molecule has 694 valence electrons. The minimum atomic E-state index is 0.954. The van der Waals surface area contributed by atoms with Crippen molar-refractivity contribution in [3.63, 3.8) is 0 Å². The second-order valence-electron chi connectivity index (χ2n) is 39.6. The highest BCUT2D eigenvalue weighted by Crippen LogP contribution is 2.54. The average molecular weight is 1890 g/mol. The van der Waals surface area contributed by atoms with Crippen LogP contribution in [-0.2, 0) is 6.54 Å². The van der Waals surface area contributed by atoms with Crippen LogP contribution in [0.5, 0.6) is 0 Å². The third kappa shape index (κ3) is 14.1. The lowest BCUT2D eigenvalue weighted by Crippen LogP contribution is -1.94. The molecule has 31 rings (SSSR count).